The van der Waals surface area contributed by atoms with Crippen molar-refractivity contribution in [1.82, 2.24) is 0 Å². The topological polar surface area (TPSA) is 21.3 Å². The molecule has 1 unspecified atom stereocenters. The Bertz CT molecular complexity index is 654. The van der Waals surface area contributed by atoms with Gasteiger partial charge in [0.25, 0.3) is 0 Å². The van der Waals surface area contributed by atoms with Crippen LogP contribution in [0.4, 0.5) is 10.1 Å². The van der Waals surface area contributed by atoms with Crippen molar-refractivity contribution in [2.45, 2.75) is 32.2 Å². The summed E-state index contributed by atoms with van der Waals surface area (Å²) in [4.78, 5) is 0. The maximum atomic E-state index is 13.9. The quantitative estimate of drug-likeness (QED) is 0.893. The van der Waals surface area contributed by atoms with Gasteiger partial charge in [0.05, 0.1) is 12.8 Å². The third-order valence-electron chi connectivity index (χ3n) is 4.17. The molecule has 1 aliphatic carbocycles. The van der Waals surface area contributed by atoms with Crippen LogP contribution in [-0.4, -0.2) is 7.11 Å². The monoisotopic (exact) mass is 285 g/mol. The van der Waals surface area contributed by atoms with Gasteiger partial charge in [-0.3, -0.25) is 0 Å². The highest BCUT2D eigenvalue weighted by Gasteiger charge is 2.14. The second kappa shape index (κ2) is 5.76. The van der Waals surface area contributed by atoms with E-state index in [2.05, 4.69) is 30.4 Å². The van der Waals surface area contributed by atoms with E-state index < -0.39 is 0 Å². The van der Waals surface area contributed by atoms with Gasteiger partial charge in [0, 0.05) is 12.1 Å². The molecule has 0 aromatic heterocycles. The van der Waals surface area contributed by atoms with Crippen LogP contribution in [0.3, 0.4) is 0 Å². The van der Waals surface area contributed by atoms with Crippen molar-refractivity contribution in [3.8, 4) is 5.75 Å². The number of rotatable bonds is 4. The lowest BCUT2D eigenvalue weighted by molar-refractivity contribution is 0.414. The van der Waals surface area contributed by atoms with Crippen LogP contribution in [0.5, 0.6) is 5.75 Å². The van der Waals surface area contributed by atoms with Gasteiger partial charge in [-0.15, -0.1) is 0 Å². The van der Waals surface area contributed by atoms with Gasteiger partial charge >= 0.3 is 0 Å². The summed E-state index contributed by atoms with van der Waals surface area (Å²) in [5.74, 6) is 0.392. The van der Waals surface area contributed by atoms with Gasteiger partial charge in [-0.25, -0.2) is 4.39 Å². The largest absolute Gasteiger partial charge is 0.497 e. The third kappa shape index (κ3) is 2.87. The molecule has 0 radical (unpaired) electrons. The minimum absolute atomic E-state index is 0.0532. The van der Waals surface area contributed by atoms with E-state index in [0.29, 0.717) is 11.4 Å². The van der Waals surface area contributed by atoms with Crippen molar-refractivity contribution in [2.75, 3.05) is 12.4 Å². The van der Waals surface area contributed by atoms with Gasteiger partial charge in [0.1, 0.15) is 11.6 Å². The van der Waals surface area contributed by atoms with Gasteiger partial charge in [-0.05, 0) is 55.0 Å². The highest BCUT2D eigenvalue weighted by Crippen LogP contribution is 2.29. The minimum Gasteiger partial charge on any atom is -0.497 e. The molecule has 2 nitrogen and oxygen atoms in total. The number of ether oxygens (including phenoxy) is 1. The van der Waals surface area contributed by atoms with Gasteiger partial charge in [-0.1, -0.05) is 18.2 Å². The van der Waals surface area contributed by atoms with Crippen LogP contribution in [0, 0.1) is 5.82 Å². The fraction of sp³-hybridized carbons (Fsp3) is 0.333. The number of aryl methyl sites for hydroxylation is 2. The molecular weight excluding hydrogens is 265 g/mol. The maximum absolute atomic E-state index is 13.9. The number of halogens is 1. The van der Waals surface area contributed by atoms with Crippen molar-refractivity contribution >= 4 is 5.69 Å². The van der Waals surface area contributed by atoms with Crippen LogP contribution in [0.15, 0.2) is 36.4 Å². The van der Waals surface area contributed by atoms with Crippen molar-refractivity contribution in [1.29, 1.82) is 0 Å². The molecule has 0 saturated heterocycles. The zero-order chi connectivity index (χ0) is 14.8. The Hall–Kier alpha value is -2.03. The van der Waals surface area contributed by atoms with E-state index in [1.54, 1.807) is 19.2 Å². The standard InChI is InChI=1S/C18H20FNO/c1-12(14-7-6-13-4-3-5-15(13)10-14)20-18-11-16(21-2)8-9-17(18)19/h6-12,20H,3-5H2,1-2H3. The van der Waals surface area contributed by atoms with E-state index in [9.17, 15) is 4.39 Å². The lowest BCUT2D eigenvalue weighted by Crippen LogP contribution is -2.08. The first kappa shape index (κ1) is 13.9. The summed E-state index contributed by atoms with van der Waals surface area (Å²) in [6.45, 7) is 2.05. The van der Waals surface area contributed by atoms with Gasteiger partial charge < -0.3 is 10.1 Å². The molecule has 2 aromatic rings. The van der Waals surface area contributed by atoms with Crippen LogP contribution in [-0.2, 0) is 12.8 Å². The second-order valence-electron chi connectivity index (χ2n) is 5.59. The first-order valence-corrected chi connectivity index (χ1v) is 7.39. The average Bonchev–Trinajstić information content (AvgIpc) is 2.96. The van der Waals surface area contributed by atoms with Gasteiger partial charge in [-0.2, -0.15) is 0 Å². The molecule has 0 aliphatic heterocycles. The number of nitrogens with one attached hydrogen (secondary N) is 1. The van der Waals surface area contributed by atoms with Crippen molar-refractivity contribution in [3.63, 3.8) is 0 Å². The zero-order valence-electron chi connectivity index (χ0n) is 12.4. The summed E-state index contributed by atoms with van der Waals surface area (Å²) >= 11 is 0. The van der Waals surface area contributed by atoms with E-state index in [0.717, 1.165) is 6.42 Å². The number of fused-ring (bicyclic) bond motifs is 1. The molecule has 0 bridgehead atoms. The Morgan fingerprint density at radius 3 is 2.71 bits per heavy atom. The van der Waals surface area contributed by atoms with E-state index in [4.69, 9.17) is 4.74 Å². The predicted octanol–water partition coefficient (Wildman–Crippen LogP) is 4.50. The summed E-state index contributed by atoms with van der Waals surface area (Å²) in [5.41, 5.74) is 4.56. The lowest BCUT2D eigenvalue weighted by Gasteiger charge is -2.18. The van der Waals surface area contributed by atoms with Crippen LogP contribution >= 0.6 is 0 Å². The minimum atomic E-state index is -0.260. The molecule has 21 heavy (non-hydrogen) atoms. The molecule has 0 fully saturated rings. The molecule has 2 aromatic carbocycles. The van der Waals surface area contributed by atoms with Gasteiger partial charge in [0.2, 0.25) is 0 Å². The fourth-order valence-electron chi connectivity index (χ4n) is 2.92. The number of methoxy groups -OCH3 is 1. The third-order valence-corrected chi connectivity index (χ3v) is 4.17. The van der Waals surface area contributed by atoms with Crippen LogP contribution < -0.4 is 10.1 Å². The molecule has 0 spiro atoms. The summed E-state index contributed by atoms with van der Waals surface area (Å²) in [6.07, 6.45) is 3.58. The molecule has 1 atom stereocenters. The predicted molar refractivity (Wildman–Crippen MR) is 83.5 cm³/mol. The smallest absolute Gasteiger partial charge is 0.146 e. The molecule has 110 valence electrons. The Morgan fingerprint density at radius 2 is 1.90 bits per heavy atom. The van der Waals surface area contributed by atoms with Crippen molar-refractivity contribution in [2.24, 2.45) is 0 Å². The average molecular weight is 285 g/mol. The Morgan fingerprint density at radius 1 is 1.10 bits per heavy atom. The Kier molecular flexibility index (Phi) is 3.82. The summed E-state index contributed by atoms with van der Waals surface area (Å²) in [7, 11) is 1.58. The fourth-order valence-corrected chi connectivity index (χ4v) is 2.92. The highest BCUT2D eigenvalue weighted by atomic mass is 19.1. The van der Waals surface area contributed by atoms with E-state index >= 15 is 0 Å². The molecule has 0 heterocycles. The molecular formula is C18H20FNO. The van der Waals surface area contributed by atoms with Crippen LogP contribution in [0.2, 0.25) is 0 Å². The number of hydrogen-bond donors (Lipinski definition) is 1. The summed E-state index contributed by atoms with van der Waals surface area (Å²) in [5, 5.41) is 3.24. The summed E-state index contributed by atoms with van der Waals surface area (Å²) < 4.78 is 19.0. The number of benzene rings is 2. The molecule has 0 amide bonds. The molecule has 3 rings (SSSR count). The van der Waals surface area contributed by atoms with E-state index in [-0.39, 0.29) is 11.9 Å². The molecule has 1 aliphatic rings. The van der Waals surface area contributed by atoms with E-state index in [1.165, 1.54) is 35.6 Å². The summed E-state index contributed by atoms with van der Waals surface area (Å²) in [6, 6.07) is 11.4. The van der Waals surface area contributed by atoms with Gasteiger partial charge in [0.15, 0.2) is 0 Å². The van der Waals surface area contributed by atoms with Crippen LogP contribution in [0.25, 0.3) is 0 Å². The highest BCUT2D eigenvalue weighted by molar-refractivity contribution is 5.51. The molecule has 0 saturated carbocycles. The normalized spacial score (nSPS) is 14.6. The number of anilines is 1. The SMILES string of the molecule is COc1ccc(F)c(NC(C)c2ccc3c(c2)CCC3)c1. The Balaban J connectivity index is 1.81. The van der Waals surface area contributed by atoms with Crippen molar-refractivity contribution in [3.05, 3.63) is 58.9 Å². The van der Waals surface area contributed by atoms with Crippen molar-refractivity contribution < 1.29 is 9.13 Å². The molecule has 1 N–H and O–H groups in total. The van der Waals surface area contributed by atoms with E-state index in [1.807, 2.05) is 0 Å². The first-order chi connectivity index (χ1) is 10.2. The maximum Gasteiger partial charge on any atom is 0.146 e. The second-order valence-corrected chi connectivity index (χ2v) is 5.59. The zero-order valence-corrected chi connectivity index (χ0v) is 12.4. The molecule has 3 heteroatoms. The number of hydrogen-bond acceptors (Lipinski definition) is 2. The lowest BCUT2D eigenvalue weighted by atomic mass is 10.0. The van der Waals surface area contributed by atoms with Crippen LogP contribution in [0.1, 0.15) is 36.1 Å². The first-order valence-electron chi connectivity index (χ1n) is 7.39. The Labute approximate surface area is 125 Å².